The SMILES string of the molecule is CCCn1cc(S(=O)(=O)N2CCCCC2C(C)N)nc1C. The van der Waals surface area contributed by atoms with Crippen LogP contribution in [-0.4, -0.2) is 40.9 Å². The first-order valence-corrected chi connectivity index (χ1v) is 9.13. The van der Waals surface area contributed by atoms with E-state index in [0.29, 0.717) is 6.54 Å². The second-order valence-electron chi connectivity index (χ2n) is 5.86. The van der Waals surface area contributed by atoms with E-state index in [1.165, 1.54) is 0 Å². The topological polar surface area (TPSA) is 81.2 Å². The number of piperidine rings is 1. The summed E-state index contributed by atoms with van der Waals surface area (Å²) >= 11 is 0. The summed E-state index contributed by atoms with van der Waals surface area (Å²) in [5.74, 6) is 0.741. The molecule has 2 rings (SSSR count). The van der Waals surface area contributed by atoms with Crippen molar-refractivity contribution in [1.29, 1.82) is 0 Å². The molecule has 1 aliphatic rings. The maximum Gasteiger partial charge on any atom is 0.262 e. The van der Waals surface area contributed by atoms with Crippen LogP contribution >= 0.6 is 0 Å². The molecule has 1 saturated heterocycles. The molecule has 120 valence electrons. The molecule has 2 N–H and O–H groups in total. The Hall–Kier alpha value is -0.920. The quantitative estimate of drug-likeness (QED) is 0.893. The molecule has 6 nitrogen and oxygen atoms in total. The molecule has 7 heteroatoms. The Morgan fingerprint density at radius 1 is 1.48 bits per heavy atom. The van der Waals surface area contributed by atoms with Gasteiger partial charge in [0.2, 0.25) is 0 Å². The van der Waals surface area contributed by atoms with Gasteiger partial charge in [0.1, 0.15) is 5.82 Å². The Labute approximate surface area is 127 Å². The number of hydrogen-bond donors (Lipinski definition) is 1. The Morgan fingerprint density at radius 3 is 2.81 bits per heavy atom. The van der Waals surface area contributed by atoms with Gasteiger partial charge in [0, 0.05) is 31.4 Å². The summed E-state index contributed by atoms with van der Waals surface area (Å²) in [5, 5.41) is 0.154. The summed E-state index contributed by atoms with van der Waals surface area (Å²) in [4.78, 5) is 4.26. The fraction of sp³-hybridized carbons (Fsp3) is 0.786. The molecule has 2 heterocycles. The monoisotopic (exact) mass is 314 g/mol. The maximum atomic E-state index is 12.9. The molecule has 0 radical (unpaired) electrons. The zero-order chi connectivity index (χ0) is 15.6. The molecule has 1 aliphatic heterocycles. The van der Waals surface area contributed by atoms with E-state index < -0.39 is 10.0 Å². The highest BCUT2D eigenvalue weighted by Crippen LogP contribution is 2.26. The summed E-state index contributed by atoms with van der Waals surface area (Å²) < 4.78 is 29.2. The smallest absolute Gasteiger partial charge is 0.262 e. The predicted octanol–water partition coefficient (Wildman–Crippen LogP) is 1.49. The molecule has 0 saturated carbocycles. The van der Waals surface area contributed by atoms with Gasteiger partial charge in [-0.15, -0.1) is 0 Å². The first kappa shape index (κ1) is 16.5. The highest BCUT2D eigenvalue weighted by molar-refractivity contribution is 7.89. The largest absolute Gasteiger partial charge is 0.334 e. The third kappa shape index (κ3) is 3.30. The lowest BCUT2D eigenvalue weighted by Crippen LogP contribution is -2.51. The minimum atomic E-state index is -3.55. The van der Waals surface area contributed by atoms with Gasteiger partial charge in [-0.25, -0.2) is 13.4 Å². The van der Waals surface area contributed by atoms with Crippen molar-refractivity contribution in [2.45, 2.75) is 70.1 Å². The Bertz CT molecular complexity index is 580. The summed E-state index contributed by atoms with van der Waals surface area (Å²) in [7, 11) is -3.55. The van der Waals surface area contributed by atoms with E-state index in [0.717, 1.165) is 38.1 Å². The fourth-order valence-electron chi connectivity index (χ4n) is 2.95. The van der Waals surface area contributed by atoms with E-state index in [1.54, 1.807) is 10.5 Å². The Balaban J connectivity index is 2.33. The van der Waals surface area contributed by atoms with Gasteiger partial charge in [-0.1, -0.05) is 13.3 Å². The summed E-state index contributed by atoms with van der Waals surface area (Å²) in [6, 6.07) is -0.292. The van der Waals surface area contributed by atoms with E-state index in [2.05, 4.69) is 11.9 Å². The second-order valence-corrected chi connectivity index (χ2v) is 7.70. The maximum absolute atomic E-state index is 12.9. The summed E-state index contributed by atoms with van der Waals surface area (Å²) in [6.45, 7) is 7.09. The second kappa shape index (κ2) is 6.46. The molecule has 0 aliphatic carbocycles. The molecular weight excluding hydrogens is 288 g/mol. The van der Waals surface area contributed by atoms with E-state index in [4.69, 9.17) is 5.73 Å². The van der Waals surface area contributed by atoms with Crippen molar-refractivity contribution in [1.82, 2.24) is 13.9 Å². The van der Waals surface area contributed by atoms with Crippen LogP contribution in [0.15, 0.2) is 11.2 Å². The van der Waals surface area contributed by atoms with Crippen LogP contribution in [0.5, 0.6) is 0 Å². The first-order chi connectivity index (χ1) is 9.87. The lowest BCUT2D eigenvalue weighted by atomic mass is 10.00. The third-order valence-electron chi connectivity index (χ3n) is 4.10. The standard InChI is InChI=1S/C14H26N4O2S/c1-4-8-17-10-14(16-12(17)3)21(19,20)18-9-6-5-7-13(18)11(2)15/h10-11,13H,4-9,15H2,1-3H3. The minimum Gasteiger partial charge on any atom is -0.334 e. The molecule has 0 bridgehead atoms. The van der Waals surface area contributed by atoms with Gasteiger partial charge in [-0.3, -0.25) is 0 Å². The van der Waals surface area contributed by atoms with E-state index in [1.807, 2.05) is 18.4 Å². The lowest BCUT2D eigenvalue weighted by molar-refractivity contribution is 0.227. The molecule has 21 heavy (non-hydrogen) atoms. The number of sulfonamides is 1. The van der Waals surface area contributed by atoms with Crippen LogP contribution in [0.25, 0.3) is 0 Å². The van der Waals surface area contributed by atoms with Crippen LogP contribution in [0.4, 0.5) is 0 Å². The van der Waals surface area contributed by atoms with Gasteiger partial charge in [-0.05, 0) is 33.1 Å². The molecule has 2 unspecified atom stereocenters. The van der Waals surface area contributed by atoms with Crippen molar-refractivity contribution in [3.8, 4) is 0 Å². The van der Waals surface area contributed by atoms with Crippen LogP contribution in [0.2, 0.25) is 0 Å². The van der Waals surface area contributed by atoms with E-state index >= 15 is 0 Å². The molecule has 0 aromatic carbocycles. The number of imidazole rings is 1. The highest BCUT2D eigenvalue weighted by Gasteiger charge is 2.36. The molecule has 2 atom stereocenters. The van der Waals surface area contributed by atoms with Crippen LogP contribution in [0.3, 0.4) is 0 Å². The van der Waals surface area contributed by atoms with Crippen LogP contribution in [0.1, 0.15) is 45.4 Å². The summed E-state index contributed by atoms with van der Waals surface area (Å²) in [6.07, 6.45) is 5.34. The Kier molecular flexibility index (Phi) is 5.06. The normalized spacial score (nSPS) is 22.4. The van der Waals surface area contributed by atoms with Crippen molar-refractivity contribution in [3.05, 3.63) is 12.0 Å². The molecule has 0 amide bonds. The fourth-order valence-corrected chi connectivity index (χ4v) is 4.72. The van der Waals surface area contributed by atoms with Crippen LogP contribution < -0.4 is 5.73 Å². The van der Waals surface area contributed by atoms with Gasteiger partial charge >= 0.3 is 0 Å². The number of nitrogens with zero attached hydrogens (tertiary/aromatic N) is 3. The average Bonchev–Trinajstić information content (AvgIpc) is 2.81. The van der Waals surface area contributed by atoms with Gasteiger partial charge < -0.3 is 10.3 Å². The van der Waals surface area contributed by atoms with Gasteiger partial charge in [0.05, 0.1) is 0 Å². The third-order valence-corrected chi connectivity index (χ3v) is 5.89. The zero-order valence-electron chi connectivity index (χ0n) is 13.1. The van der Waals surface area contributed by atoms with E-state index in [-0.39, 0.29) is 17.1 Å². The molecule has 1 aromatic rings. The van der Waals surface area contributed by atoms with Crippen molar-refractivity contribution in [2.75, 3.05) is 6.54 Å². The molecule has 1 aromatic heterocycles. The van der Waals surface area contributed by atoms with Gasteiger partial charge in [-0.2, -0.15) is 4.31 Å². The highest BCUT2D eigenvalue weighted by atomic mass is 32.2. The van der Waals surface area contributed by atoms with Crippen LogP contribution in [0, 0.1) is 6.92 Å². The first-order valence-electron chi connectivity index (χ1n) is 7.69. The number of nitrogens with two attached hydrogens (primary N) is 1. The number of rotatable bonds is 5. The van der Waals surface area contributed by atoms with Gasteiger partial charge in [0.25, 0.3) is 10.0 Å². The zero-order valence-corrected chi connectivity index (χ0v) is 13.9. The molecule has 1 fully saturated rings. The molecular formula is C14H26N4O2S. The molecule has 0 spiro atoms. The van der Waals surface area contributed by atoms with Gasteiger partial charge in [0.15, 0.2) is 5.03 Å². The van der Waals surface area contributed by atoms with Crippen molar-refractivity contribution < 1.29 is 8.42 Å². The van der Waals surface area contributed by atoms with E-state index in [9.17, 15) is 8.42 Å². The number of aromatic nitrogens is 2. The van der Waals surface area contributed by atoms with Crippen molar-refractivity contribution in [3.63, 3.8) is 0 Å². The average molecular weight is 314 g/mol. The lowest BCUT2D eigenvalue weighted by Gasteiger charge is -2.36. The number of hydrogen-bond acceptors (Lipinski definition) is 4. The van der Waals surface area contributed by atoms with Crippen LogP contribution in [-0.2, 0) is 16.6 Å². The Morgan fingerprint density at radius 2 is 2.19 bits per heavy atom. The summed E-state index contributed by atoms with van der Waals surface area (Å²) in [5.41, 5.74) is 5.98. The minimum absolute atomic E-state index is 0.125. The predicted molar refractivity (Wildman–Crippen MR) is 82.4 cm³/mol. The van der Waals surface area contributed by atoms with Crippen molar-refractivity contribution in [2.24, 2.45) is 5.73 Å². The van der Waals surface area contributed by atoms with Crippen molar-refractivity contribution >= 4 is 10.0 Å². The number of aryl methyl sites for hydroxylation is 2.